The van der Waals surface area contributed by atoms with Crippen molar-refractivity contribution in [2.75, 3.05) is 56.6 Å². The molecule has 6 rings (SSSR count). The number of piperazine rings is 1. The van der Waals surface area contributed by atoms with E-state index in [9.17, 15) is 18.0 Å². The van der Waals surface area contributed by atoms with Crippen LogP contribution in [0.2, 0.25) is 5.02 Å². The highest BCUT2D eigenvalue weighted by Gasteiger charge is 2.34. The molecule has 0 radical (unpaired) electrons. The molecular formula is C34H33ClF3N5O2. The first-order chi connectivity index (χ1) is 21.7. The fraction of sp³-hybridized carbons (Fsp3) is 0.294. The number of fused-ring (bicyclic) bond motifs is 1. The van der Waals surface area contributed by atoms with E-state index >= 15 is 0 Å². The van der Waals surface area contributed by atoms with E-state index in [1.807, 2.05) is 52.3 Å². The summed E-state index contributed by atoms with van der Waals surface area (Å²) in [7, 11) is 1.65. The van der Waals surface area contributed by atoms with Gasteiger partial charge in [-0.1, -0.05) is 35.9 Å². The summed E-state index contributed by atoms with van der Waals surface area (Å²) in [5.41, 5.74) is 3.44. The van der Waals surface area contributed by atoms with Crippen LogP contribution >= 0.6 is 11.6 Å². The van der Waals surface area contributed by atoms with Crippen molar-refractivity contribution in [1.82, 2.24) is 14.8 Å². The molecule has 0 spiro atoms. The van der Waals surface area contributed by atoms with Gasteiger partial charge in [0.15, 0.2) is 0 Å². The summed E-state index contributed by atoms with van der Waals surface area (Å²) in [5.74, 6) is 1.39. The lowest BCUT2D eigenvalue weighted by Crippen LogP contribution is -2.48. The molecule has 3 heterocycles. The second-order valence-corrected chi connectivity index (χ2v) is 11.7. The van der Waals surface area contributed by atoms with Crippen molar-refractivity contribution in [2.24, 2.45) is 0 Å². The molecule has 0 aliphatic carbocycles. The number of ether oxygens (including phenoxy) is 1. The quantitative estimate of drug-likeness (QED) is 0.241. The molecule has 1 fully saturated rings. The molecule has 1 N–H and O–H groups in total. The normalized spacial score (nSPS) is 15.4. The Labute approximate surface area is 265 Å². The van der Waals surface area contributed by atoms with E-state index in [2.05, 4.69) is 27.3 Å². The Balaban J connectivity index is 1.16. The minimum absolute atomic E-state index is 0.0260. The Bertz CT molecular complexity index is 1670. The molecular weight excluding hydrogens is 603 g/mol. The number of carbonyl (C=O) groups is 1. The highest BCUT2D eigenvalue weighted by molar-refractivity contribution is 6.30. The van der Waals surface area contributed by atoms with Crippen molar-refractivity contribution in [1.29, 1.82) is 0 Å². The van der Waals surface area contributed by atoms with Gasteiger partial charge in [-0.3, -0.25) is 9.69 Å². The standard InChI is InChI=1S/C34H33ClF3N5O2/c1-45-29-8-5-23(6-9-29)21-41-13-15-42(16-14-41)33(44)25-4-2-3-24(17-25)26-19-31-32(40-20-26)39-11-12-43(31)22-27-18-28(35)7-10-30(27)34(36,37)38/h2-10,17-20H,11-16,21-22H2,1H3,(H,39,40). The van der Waals surface area contributed by atoms with Gasteiger partial charge in [-0.2, -0.15) is 13.2 Å². The Kier molecular flexibility index (Phi) is 8.87. The van der Waals surface area contributed by atoms with E-state index < -0.39 is 11.7 Å². The maximum absolute atomic E-state index is 13.8. The predicted octanol–water partition coefficient (Wildman–Crippen LogP) is 6.82. The molecule has 0 atom stereocenters. The number of pyridine rings is 1. The Hall–Kier alpha value is -4.28. The SMILES string of the molecule is COc1ccc(CN2CCN(C(=O)c3cccc(-c4cnc5c(c4)N(Cc4cc(Cl)ccc4C(F)(F)F)CCN5)c3)CC2)cc1. The molecule has 1 saturated heterocycles. The third-order valence-corrected chi connectivity index (χ3v) is 8.52. The van der Waals surface area contributed by atoms with Crippen molar-refractivity contribution < 1.29 is 22.7 Å². The van der Waals surface area contributed by atoms with Gasteiger partial charge in [-0.05, 0) is 65.2 Å². The lowest BCUT2D eigenvalue weighted by atomic mass is 10.0. The van der Waals surface area contributed by atoms with Crippen LogP contribution in [0.3, 0.4) is 0 Å². The van der Waals surface area contributed by atoms with Gasteiger partial charge in [0, 0.05) is 74.7 Å². The maximum Gasteiger partial charge on any atom is 0.416 e. The smallest absolute Gasteiger partial charge is 0.416 e. The van der Waals surface area contributed by atoms with Gasteiger partial charge in [0.05, 0.1) is 18.4 Å². The zero-order valence-corrected chi connectivity index (χ0v) is 25.5. The number of rotatable bonds is 7. The summed E-state index contributed by atoms with van der Waals surface area (Å²) in [4.78, 5) is 24.2. The highest BCUT2D eigenvalue weighted by Crippen LogP contribution is 2.37. The number of nitrogens with one attached hydrogen (secondary N) is 1. The third kappa shape index (κ3) is 7.02. The van der Waals surface area contributed by atoms with Gasteiger partial charge in [-0.25, -0.2) is 4.98 Å². The molecule has 45 heavy (non-hydrogen) atoms. The molecule has 11 heteroatoms. The van der Waals surface area contributed by atoms with Gasteiger partial charge < -0.3 is 19.9 Å². The zero-order chi connectivity index (χ0) is 31.6. The zero-order valence-electron chi connectivity index (χ0n) is 24.8. The van der Waals surface area contributed by atoms with E-state index in [1.165, 1.54) is 17.7 Å². The lowest BCUT2D eigenvalue weighted by Gasteiger charge is -2.35. The second-order valence-electron chi connectivity index (χ2n) is 11.2. The number of hydrogen-bond acceptors (Lipinski definition) is 6. The molecule has 0 saturated carbocycles. The summed E-state index contributed by atoms with van der Waals surface area (Å²) >= 11 is 6.09. The fourth-order valence-corrected chi connectivity index (χ4v) is 6.06. The number of hydrogen-bond donors (Lipinski definition) is 1. The van der Waals surface area contributed by atoms with Crippen LogP contribution in [0.1, 0.15) is 27.0 Å². The summed E-state index contributed by atoms with van der Waals surface area (Å²) in [6, 6.07) is 21.0. The number of methoxy groups -OCH3 is 1. The van der Waals surface area contributed by atoms with Gasteiger partial charge in [0.25, 0.3) is 5.91 Å². The molecule has 2 aliphatic heterocycles. The number of anilines is 2. The minimum atomic E-state index is -4.49. The van der Waals surface area contributed by atoms with E-state index in [0.29, 0.717) is 43.2 Å². The van der Waals surface area contributed by atoms with Gasteiger partial charge >= 0.3 is 6.18 Å². The van der Waals surface area contributed by atoms with Crippen LogP contribution in [-0.2, 0) is 19.3 Å². The van der Waals surface area contributed by atoms with Crippen LogP contribution in [0.5, 0.6) is 5.75 Å². The molecule has 3 aromatic carbocycles. The summed E-state index contributed by atoms with van der Waals surface area (Å²) in [6.07, 6.45) is -2.77. The topological polar surface area (TPSA) is 60.9 Å². The van der Waals surface area contributed by atoms with Crippen molar-refractivity contribution in [3.63, 3.8) is 0 Å². The fourth-order valence-electron chi connectivity index (χ4n) is 5.87. The first-order valence-electron chi connectivity index (χ1n) is 14.8. The number of amides is 1. The third-order valence-electron chi connectivity index (χ3n) is 8.28. The largest absolute Gasteiger partial charge is 0.497 e. The molecule has 0 bridgehead atoms. The van der Waals surface area contributed by atoms with Crippen LogP contribution < -0.4 is 15.0 Å². The monoisotopic (exact) mass is 635 g/mol. The lowest BCUT2D eigenvalue weighted by molar-refractivity contribution is -0.138. The Morgan fingerprint density at radius 3 is 2.44 bits per heavy atom. The van der Waals surface area contributed by atoms with Crippen LogP contribution in [0, 0.1) is 0 Å². The molecule has 0 unspecified atom stereocenters. The molecule has 2 aliphatic rings. The highest BCUT2D eigenvalue weighted by atomic mass is 35.5. The van der Waals surface area contributed by atoms with E-state index in [-0.39, 0.29) is 23.0 Å². The van der Waals surface area contributed by atoms with E-state index in [4.69, 9.17) is 16.3 Å². The second kappa shape index (κ2) is 13.0. The summed E-state index contributed by atoms with van der Waals surface area (Å²) in [6.45, 7) is 4.68. The number of aromatic nitrogens is 1. The Morgan fingerprint density at radius 1 is 0.933 bits per heavy atom. The molecule has 7 nitrogen and oxygen atoms in total. The van der Waals surface area contributed by atoms with Crippen LogP contribution in [0.25, 0.3) is 11.1 Å². The van der Waals surface area contributed by atoms with E-state index in [1.54, 1.807) is 13.3 Å². The van der Waals surface area contributed by atoms with E-state index in [0.717, 1.165) is 42.6 Å². The number of alkyl halides is 3. The summed E-state index contributed by atoms with van der Waals surface area (Å²) in [5, 5.41) is 3.49. The predicted molar refractivity (Wildman–Crippen MR) is 170 cm³/mol. The number of carbonyl (C=O) groups excluding carboxylic acids is 1. The Morgan fingerprint density at radius 2 is 1.71 bits per heavy atom. The van der Waals surface area contributed by atoms with Gasteiger partial charge in [0.2, 0.25) is 0 Å². The van der Waals surface area contributed by atoms with Gasteiger partial charge in [-0.15, -0.1) is 0 Å². The maximum atomic E-state index is 13.8. The molecule has 4 aromatic rings. The first kappa shape index (κ1) is 30.7. The molecule has 1 aromatic heterocycles. The summed E-state index contributed by atoms with van der Waals surface area (Å²) < 4.78 is 46.5. The number of benzene rings is 3. The molecule has 234 valence electrons. The minimum Gasteiger partial charge on any atom is -0.497 e. The average Bonchev–Trinajstić information content (AvgIpc) is 3.04. The first-order valence-corrected chi connectivity index (χ1v) is 15.2. The average molecular weight is 636 g/mol. The van der Waals surface area contributed by atoms with Crippen LogP contribution in [-0.4, -0.2) is 67.1 Å². The van der Waals surface area contributed by atoms with Crippen molar-refractivity contribution in [3.8, 4) is 16.9 Å². The number of halogens is 4. The van der Waals surface area contributed by atoms with Crippen molar-refractivity contribution >= 4 is 29.0 Å². The van der Waals surface area contributed by atoms with Gasteiger partial charge in [0.1, 0.15) is 11.6 Å². The van der Waals surface area contributed by atoms with Crippen LogP contribution in [0.15, 0.2) is 79.0 Å². The van der Waals surface area contributed by atoms with Crippen LogP contribution in [0.4, 0.5) is 24.7 Å². The van der Waals surface area contributed by atoms with Crippen molar-refractivity contribution in [3.05, 3.63) is 106 Å². The molecule has 1 amide bonds. The number of nitrogens with zero attached hydrogens (tertiary/aromatic N) is 4. The van der Waals surface area contributed by atoms with Crippen molar-refractivity contribution in [2.45, 2.75) is 19.3 Å².